The molecular weight excluding hydrogens is 286 g/mol. The van der Waals surface area contributed by atoms with E-state index >= 15 is 0 Å². The third-order valence-corrected chi connectivity index (χ3v) is 3.63. The molecule has 22 heavy (non-hydrogen) atoms. The first kappa shape index (κ1) is 16.1. The lowest BCUT2D eigenvalue weighted by molar-refractivity contribution is -0.149. The third kappa shape index (κ3) is 3.16. The van der Waals surface area contributed by atoms with Gasteiger partial charge in [0, 0.05) is 12.5 Å². The van der Waals surface area contributed by atoms with Gasteiger partial charge in [0.15, 0.2) is 11.5 Å². The number of rotatable bonds is 6. The number of carbonyl (C=O) groups excluding carboxylic acids is 2. The van der Waals surface area contributed by atoms with Gasteiger partial charge < -0.3 is 19.5 Å². The lowest BCUT2D eigenvalue weighted by Gasteiger charge is -2.18. The van der Waals surface area contributed by atoms with Crippen molar-refractivity contribution in [1.29, 1.82) is 0 Å². The fourth-order valence-electron chi connectivity index (χ4n) is 2.63. The molecule has 0 aromatic heterocycles. The van der Waals surface area contributed by atoms with Crippen LogP contribution < -0.4 is 14.8 Å². The zero-order valence-corrected chi connectivity index (χ0v) is 13.0. The summed E-state index contributed by atoms with van der Waals surface area (Å²) in [4.78, 5) is 23.7. The summed E-state index contributed by atoms with van der Waals surface area (Å²) in [7, 11) is 1.29. The first-order valence-corrected chi connectivity index (χ1v) is 7.37. The van der Waals surface area contributed by atoms with Crippen LogP contribution in [0.2, 0.25) is 0 Å². The van der Waals surface area contributed by atoms with E-state index in [1.54, 1.807) is 6.07 Å². The molecule has 1 saturated heterocycles. The van der Waals surface area contributed by atoms with Crippen LogP contribution in [0.25, 0.3) is 0 Å². The average molecular weight is 307 g/mol. The highest BCUT2D eigenvalue weighted by atomic mass is 16.5. The molecule has 1 aromatic carbocycles. The van der Waals surface area contributed by atoms with E-state index in [1.807, 2.05) is 26.0 Å². The normalized spacial score (nSPS) is 20.4. The molecule has 1 fully saturated rings. The zero-order valence-electron chi connectivity index (χ0n) is 13.0. The number of hydrogen-bond acceptors (Lipinski definition) is 5. The van der Waals surface area contributed by atoms with Crippen molar-refractivity contribution in [1.82, 2.24) is 5.32 Å². The lowest BCUT2D eigenvalue weighted by atomic mass is 9.88. The number of ether oxygens (including phenoxy) is 3. The van der Waals surface area contributed by atoms with E-state index in [2.05, 4.69) is 5.32 Å². The Morgan fingerprint density at radius 3 is 2.55 bits per heavy atom. The highest BCUT2D eigenvalue weighted by molar-refractivity contribution is 6.00. The van der Waals surface area contributed by atoms with Gasteiger partial charge in [-0.2, -0.15) is 0 Å². The Bertz CT molecular complexity index is 557. The first-order valence-electron chi connectivity index (χ1n) is 7.37. The van der Waals surface area contributed by atoms with E-state index in [9.17, 15) is 9.59 Å². The molecule has 6 heteroatoms. The number of esters is 1. The molecule has 0 saturated carbocycles. The van der Waals surface area contributed by atoms with E-state index in [0.29, 0.717) is 31.3 Å². The van der Waals surface area contributed by atoms with Crippen molar-refractivity contribution in [3.8, 4) is 11.5 Å². The van der Waals surface area contributed by atoms with Crippen molar-refractivity contribution in [3.05, 3.63) is 23.8 Å². The largest absolute Gasteiger partial charge is 0.490 e. The Morgan fingerprint density at radius 2 is 1.91 bits per heavy atom. The van der Waals surface area contributed by atoms with Crippen molar-refractivity contribution >= 4 is 11.9 Å². The van der Waals surface area contributed by atoms with E-state index in [0.717, 1.165) is 5.56 Å². The number of nitrogens with one attached hydrogen (secondary N) is 1. The highest BCUT2D eigenvalue weighted by Crippen LogP contribution is 2.36. The van der Waals surface area contributed by atoms with Gasteiger partial charge >= 0.3 is 5.97 Å². The fourth-order valence-corrected chi connectivity index (χ4v) is 2.63. The van der Waals surface area contributed by atoms with Crippen LogP contribution in [0.5, 0.6) is 11.5 Å². The number of amides is 1. The Morgan fingerprint density at radius 1 is 1.23 bits per heavy atom. The van der Waals surface area contributed by atoms with Crippen LogP contribution in [0.15, 0.2) is 18.2 Å². The summed E-state index contributed by atoms with van der Waals surface area (Å²) < 4.78 is 15.9. The van der Waals surface area contributed by atoms with Crippen LogP contribution in [0.3, 0.4) is 0 Å². The lowest BCUT2D eigenvalue weighted by Crippen LogP contribution is -2.28. The summed E-state index contributed by atoms with van der Waals surface area (Å²) in [5.41, 5.74) is 0.848. The molecule has 6 nitrogen and oxygen atoms in total. The fraction of sp³-hybridized carbons (Fsp3) is 0.500. The second kappa shape index (κ2) is 7.15. The molecule has 1 heterocycles. The van der Waals surface area contributed by atoms with Crippen LogP contribution in [0.4, 0.5) is 0 Å². The quantitative estimate of drug-likeness (QED) is 0.636. The van der Waals surface area contributed by atoms with E-state index in [1.165, 1.54) is 7.11 Å². The Kier molecular flexibility index (Phi) is 5.25. The molecule has 1 aliphatic rings. The third-order valence-electron chi connectivity index (χ3n) is 3.63. The van der Waals surface area contributed by atoms with Crippen LogP contribution in [-0.2, 0) is 14.3 Å². The molecule has 1 amide bonds. The molecule has 1 N–H and O–H groups in total. The van der Waals surface area contributed by atoms with Crippen molar-refractivity contribution < 1.29 is 23.8 Å². The maximum Gasteiger partial charge on any atom is 0.318 e. The Hall–Kier alpha value is -2.24. The number of carbonyl (C=O) groups is 2. The van der Waals surface area contributed by atoms with E-state index < -0.39 is 11.9 Å². The predicted molar refractivity (Wildman–Crippen MR) is 80.0 cm³/mol. The minimum Gasteiger partial charge on any atom is -0.490 e. The standard InChI is InChI=1S/C16H21NO5/c1-4-21-12-7-6-10(8-13(12)22-5-2)11-9-17-15(18)14(11)16(19)20-3/h6-8,11,14H,4-5,9H2,1-3H3,(H,17,18)/t11-,14-/m0/s1. The predicted octanol–water partition coefficient (Wildman–Crippen LogP) is 1.49. The summed E-state index contributed by atoms with van der Waals surface area (Å²) in [5.74, 6) is -0.646. The van der Waals surface area contributed by atoms with Gasteiger partial charge in [-0.25, -0.2) is 0 Å². The Balaban J connectivity index is 2.33. The molecule has 2 atom stereocenters. The summed E-state index contributed by atoms with van der Waals surface area (Å²) in [6.45, 7) is 5.23. The maximum absolute atomic E-state index is 11.9. The smallest absolute Gasteiger partial charge is 0.318 e. The monoisotopic (exact) mass is 307 g/mol. The average Bonchev–Trinajstić information content (AvgIpc) is 2.90. The van der Waals surface area contributed by atoms with Crippen LogP contribution in [0, 0.1) is 5.92 Å². The molecule has 0 bridgehead atoms. The minimum absolute atomic E-state index is 0.269. The van der Waals surface area contributed by atoms with Crippen LogP contribution in [-0.4, -0.2) is 38.7 Å². The van der Waals surface area contributed by atoms with Gasteiger partial charge in [-0.3, -0.25) is 9.59 Å². The highest BCUT2D eigenvalue weighted by Gasteiger charge is 2.42. The number of hydrogen-bond donors (Lipinski definition) is 1. The van der Waals surface area contributed by atoms with Crippen LogP contribution >= 0.6 is 0 Å². The van der Waals surface area contributed by atoms with Gasteiger partial charge in [0.2, 0.25) is 5.91 Å². The summed E-state index contributed by atoms with van der Waals surface area (Å²) in [6.07, 6.45) is 0. The minimum atomic E-state index is -0.822. The molecule has 0 unspecified atom stereocenters. The second-order valence-electron chi connectivity index (χ2n) is 4.92. The van der Waals surface area contributed by atoms with Crippen molar-refractivity contribution in [3.63, 3.8) is 0 Å². The zero-order chi connectivity index (χ0) is 16.1. The first-order chi connectivity index (χ1) is 10.6. The van der Waals surface area contributed by atoms with Gasteiger partial charge in [-0.1, -0.05) is 6.07 Å². The van der Waals surface area contributed by atoms with Crippen LogP contribution in [0.1, 0.15) is 25.3 Å². The van der Waals surface area contributed by atoms with Crippen molar-refractivity contribution in [2.45, 2.75) is 19.8 Å². The van der Waals surface area contributed by atoms with Gasteiger partial charge in [-0.15, -0.1) is 0 Å². The summed E-state index contributed by atoms with van der Waals surface area (Å²) >= 11 is 0. The number of benzene rings is 1. The molecule has 1 aliphatic heterocycles. The molecule has 0 radical (unpaired) electrons. The van der Waals surface area contributed by atoms with Gasteiger partial charge in [0.1, 0.15) is 5.92 Å². The maximum atomic E-state index is 11.9. The van der Waals surface area contributed by atoms with Crippen molar-refractivity contribution in [2.24, 2.45) is 5.92 Å². The molecule has 0 spiro atoms. The summed E-state index contributed by atoms with van der Waals surface area (Å²) in [5, 5.41) is 2.71. The Labute approximate surface area is 129 Å². The summed E-state index contributed by atoms with van der Waals surface area (Å²) in [6, 6.07) is 5.49. The van der Waals surface area contributed by atoms with Gasteiger partial charge in [0.25, 0.3) is 0 Å². The topological polar surface area (TPSA) is 73.9 Å². The van der Waals surface area contributed by atoms with Gasteiger partial charge in [-0.05, 0) is 31.5 Å². The SMILES string of the molecule is CCOc1ccc([C@@H]2CNC(=O)[C@H]2C(=O)OC)cc1OCC. The molecule has 0 aliphatic carbocycles. The molecular formula is C16H21NO5. The van der Waals surface area contributed by atoms with E-state index in [4.69, 9.17) is 14.2 Å². The van der Waals surface area contributed by atoms with E-state index in [-0.39, 0.29) is 11.8 Å². The molecule has 1 aromatic rings. The number of methoxy groups -OCH3 is 1. The second-order valence-corrected chi connectivity index (χ2v) is 4.92. The molecule has 120 valence electrons. The molecule has 2 rings (SSSR count). The van der Waals surface area contributed by atoms with Gasteiger partial charge in [0.05, 0.1) is 20.3 Å². The van der Waals surface area contributed by atoms with Crippen molar-refractivity contribution in [2.75, 3.05) is 26.9 Å².